The molecule has 1 fully saturated rings. The van der Waals surface area contributed by atoms with Gasteiger partial charge in [-0.3, -0.25) is 15.0 Å². The first-order chi connectivity index (χ1) is 9.04. The average Bonchev–Trinajstić information content (AvgIpc) is 2.75. The van der Waals surface area contributed by atoms with Gasteiger partial charge in [0.1, 0.15) is 0 Å². The molecule has 0 unspecified atom stereocenters. The fraction of sp³-hybridized carbons (Fsp3) is 0.692. The van der Waals surface area contributed by atoms with E-state index < -0.39 is 0 Å². The van der Waals surface area contributed by atoms with Gasteiger partial charge in [0.05, 0.1) is 12.2 Å². The van der Waals surface area contributed by atoms with Gasteiger partial charge in [0, 0.05) is 18.2 Å². The van der Waals surface area contributed by atoms with Gasteiger partial charge in [0.15, 0.2) is 0 Å². The van der Waals surface area contributed by atoms with Gasteiger partial charge in [-0.1, -0.05) is 5.16 Å². The molecular formula is C13H22N4O2. The van der Waals surface area contributed by atoms with Crippen molar-refractivity contribution in [1.29, 1.82) is 0 Å². The number of nitrogens with two attached hydrogens (primary N) is 1. The number of carbonyl (C=O) groups is 1. The Bertz CT molecular complexity index is 424. The molecule has 1 amide bonds. The van der Waals surface area contributed by atoms with Crippen LogP contribution in [0.1, 0.15) is 31.4 Å². The van der Waals surface area contributed by atoms with Gasteiger partial charge in [-0.25, -0.2) is 0 Å². The fourth-order valence-corrected chi connectivity index (χ4v) is 2.50. The van der Waals surface area contributed by atoms with Gasteiger partial charge in [-0.15, -0.1) is 0 Å². The third kappa shape index (κ3) is 4.04. The zero-order valence-electron chi connectivity index (χ0n) is 11.6. The first-order valence-electron chi connectivity index (χ1n) is 6.73. The van der Waals surface area contributed by atoms with Crippen LogP contribution in [-0.4, -0.2) is 41.6 Å². The summed E-state index contributed by atoms with van der Waals surface area (Å²) in [5.74, 6) is 0.329. The minimum atomic E-state index is -0.0754. The smallest absolute Gasteiger partial charge is 0.240 e. The van der Waals surface area contributed by atoms with Crippen molar-refractivity contribution >= 4 is 11.8 Å². The zero-order valence-corrected chi connectivity index (χ0v) is 11.6. The van der Waals surface area contributed by atoms with E-state index in [1.807, 2.05) is 14.0 Å². The van der Waals surface area contributed by atoms with Crippen molar-refractivity contribution in [3.63, 3.8) is 0 Å². The minimum absolute atomic E-state index is 0.0754. The second kappa shape index (κ2) is 6.16. The summed E-state index contributed by atoms with van der Waals surface area (Å²) in [6.45, 7) is 2.18. The normalized spacial score (nSPS) is 23.6. The van der Waals surface area contributed by atoms with Crippen LogP contribution in [-0.2, 0) is 4.79 Å². The zero-order chi connectivity index (χ0) is 13.8. The summed E-state index contributed by atoms with van der Waals surface area (Å²) >= 11 is 0. The number of carbonyl (C=O) groups excluding carboxylic acids is 1. The molecule has 0 aliphatic heterocycles. The number of aryl methyl sites for hydroxylation is 1. The van der Waals surface area contributed by atoms with Crippen molar-refractivity contribution in [3.05, 3.63) is 11.8 Å². The molecule has 0 saturated heterocycles. The van der Waals surface area contributed by atoms with Crippen LogP contribution >= 0.6 is 0 Å². The van der Waals surface area contributed by atoms with E-state index in [4.69, 9.17) is 10.3 Å². The molecule has 0 aromatic carbocycles. The summed E-state index contributed by atoms with van der Waals surface area (Å²) in [5.41, 5.74) is 6.64. The van der Waals surface area contributed by atoms with Crippen LogP contribution in [0, 0.1) is 6.92 Å². The number of nitrogens with zero attached hydrogens (tertiary/aromatic N) is 2. The predicted octanol–water partition coefficient (Wildman–Crippen LogP) is 1.12. The Morgan fingerprint density at radius 1 is 1.53 bits per heavy atom. The van der Waals surface area contributed by atoms with Crippen molar-refractivity contribution in [2.24, 2.45) is 5.73 Å². The third-order valence-corrected chi connectivity index (χ3v) is 3.65. The number of anilines is 1. The largest absolute Gasteiger partial charge is 0.338 e. The van der Waals surface area contributed by atoms with Crippen molar-refractivity contribution in [1.82, 2.24) is 10.1 Å². The maximum Gasteiger partial charge on any atom is 0.240 e. The highest BCUT2D eigenvalue weighted by molar-refractivity contribution is 5.90. The van der Waals surface area contributed by atoms with Gasteiger partial charge in [0.25, 0.3) is 0 Å². The van der Waals surface area contributed by atoms with Crippen LogP contribution in [0.15, 0.2) is 10.6 Å². The highest BCUT2D eigenvalue weighted by Gasteiger charge is 2.23. The second-order valence-corrected chi connectivity index (χ2v) is 5.36. The van der Waals surface area contributed by atoms with Crippen molar-refractivity contribution in [2.75, 3.05) is 18.9 Å². The molecule has 6 heteroatoms. The number of rotatable bonds is 4. The van der Waals surface area contributed by atoms with E-state index in [9.17, 15) is 4.79 Å². The van der Waals surface area contributed by atoms with Gasteiger partial charge in [0.2, 0.25) is 11.8 Å². The van der Waals surface area contributed by atoms with E-state index in [2.05, 4.69) is 15.4 Å². The number of likely N-dealkylation sites (N-methyl/N-ethyl adjacent to an activating group) is 1. The maximum atomic E-state index is 11.9. The summed E-state index contributed by atoms with van der Waals surface area (Å²) < 4.78 is 4.96. The predicted molar refractivity (Wildman–Crippen MR) is 72.7 cm³/mol. The van der Waals surface area contributed by atoms with E-state index in [0.717, 1.165) is 31.4 Å². The van der Waals surface area contributed by atoms with Gasteiger partial charge >= 0.3 is 0 Å². The van der Waals surface area contributed by atoms with Crippen LogP contribution in [0.4, 0.5) is 5.88 Å². The van der Waals surface area contributed by atoms with Gasteiger partial charge in [-0.05, 0) is 39.7 Å². The minimum Gasteiger partial charge on any atom is -0.338 e. The van der Waals surface area contributed by atoms with Crippen LogP contribution in [0.5, 0.6) is 0 Å². The highest BCUT2D eigenvalue weighted by Crippen LogP contribution is 2.21. The molecule has 106 valence electrons. The van der Waals surface area contributed by atoms with E-state index in [1.165, 1.54) is 0 Å². The third-order valence-electron chi connectivity index (χ3n) is 3.65. The molecule has 6 nitrogen and oxygen atoms in total. The summed E-state index contributed by atoms with van der Waals surface area (Å²) in [6, 6.07) is 2.48. The Morgan fingerprint density at radius 2 is 2.21 bits per heavy atom. The molecule has 0 spiro atoms. The lowest BCUT2D eigenvalue weighted by Gasteiger charge is -2.32. The van der Waals surface area contributed by atoms with Crippen LogP contribution in [0.2, 0.25) is 0 Å². The lowest BCUT2D eigenvalue weighted by molar-refractivity contribution is -0.117. The lowest BCUT2D eigenvalue weighted by atomic mass is 9.91. The lowest BCUT2D eigenvalue weighted by Crippen LogP contribution is -2.42. The molecule has 0 radical (unpaired) electrons. The molecule has 1 aliphatic carbocycles. The molecule has 3 N–H and O–H groups in total. The molecule has 2 rings (SSSR count). The Kier molecular flexibility index (Phi) is 4.55. The number of amides is 1. The number of nitrogens with one attached hydrogen (secondary N) is 1. The molecule has 1 aromatic rings. The molecule has 1 heterocycles. The van der Waals surface area contributed by atoms with Crippen molar-refractivity contribution < 1.29 is 9.32 Å². The van der Waals surface area contributed by atoms with E-state index in [0.29, 0.717) is 24.5 Å². The first kappa shape index (κ1) is 14.0. The Morgan fingerprint density at radius 3 is 2.79 bits per heavy atom. The van der Waals surface area contributed by atoms with Crippen LogP contribution in [0.25, 0.3) is 0 Å². The van der Waals surface area contributed by atoms with Crippen LogP contribution < -0.4 is 11.1 Å². The van der Waals surface area contributed by atoms with Crippen molar-refractivity contribution in [2.45, 2.75) is 44.7 Å². The second-order valence-electron chi connectivity index (χ2n) is 5.36. The molecule has 19 heavy (non-hydrogen) atoms. The summed E-state index contributed by atoms with van der Waals surface area (Å²) in [7, 11) is 1.98. The number of hydrogen-bond acceptors (Lipinski definition) is 5. The molecule has 0 atom stereocenters. The highest BCUT2D eigenvalue weighted by atomic mass is 16.5. The van der Waals surface area contributed by atoms with Gasteiger partial charge in [-0.2, -0.15) is 0 Å². The maximum absolute atomic E-state index is 11.9. The molecule has 1 saturated carbocycles. The van der Waals surface area contributed by atoms with E-state index >= 15 is 0 Å². The molecule has 1 aliphatic rings. The van der Waals surface area contributed by atoms with E-state index in [-0.39, 0.29) is 5.91 Å². The summed E-state index contributed by atoms with van der Waals surface area (Å²) in [6.07, 6.45) is 4.20. The first-order valence-corrected chi connectivity index (χ1v) is 6.73. The van der Waals surface area contributed by atoms with Crippen LogP contribution in [0.3, 0.4) is 0 Å². The Balaban J connectivity index is 1.78. The van der Waals surface area contributed by atoms with Gasteiger partial charge < -0.3 is 10.3 Å². The molecular weight excluding hydrogens is 244 g/mol. The SMILES string of the molecule is Cc1cc(NC(=O)CN(C)C2CCC(N)CC2)on1. The van der Waals surface area contributed by atoms with Crippen molar-refractivity contribution in [3.8, 4) is 0 Å². The monoisotopic (exact) mass is 266 g/mol. The Labute approximate surface area is 113 Å². The quantitative estimate of drug-likeness (QED) is 0.853. The van der Waals surface area contributed by atoms with E-state index in [1.54, 1.807) is 6.07 Å². The standard InChI is InChI=1S/C13H22N4O2/c1-9-7-13(19-16-9)15-12(18)8-17(2)11-5-3-10(14)4-6-11/h7,10-11H,3-6,8,14H2,1-2H3,(H,15,18). The Hall–Kier alpha value is -1.40. The molecule has 1 aromatic heterocycles. The summed E-state index contributed by atoms with van der Waals surface area (Å²) in [4.78, 5) is 14.0. The molecule has 0 bridgehead atoms. The number of hydrogen-bond donors (Lipinski definition) is 2. The topological polar surface area (TPSA) is 84.4 Å². The summed E-state index contributed by atoms with van der Waals surface area (Å²) in [5, 5.41) is 6.44. The fourth-order valence-electron chi connectivity index (χ4n) is 2.50. The average molecular weight is 266 g/mol. The number of aromatic nitrogens is 1.